The second-order valence-electron chi connectivity index (χ2n) is 5.31. The second kappa shape index (κ2) is 8.89. The van der Waals surface area contributed by atoms with Crippen molar-refractivity contribution in [2.75, 3.05) is 6.54 Å². The van der Waals surface area contributed by atoms with Crippen molar-refractivity contribution in [1.82, 2.24) is 10.6 Å². The van der Waals surface area contributed by atoms with E-state index < -0.39 is 0 Å². The molecule has 2 N–H and O–H groups in total. The highest BCUT2D eigenvalue weighted by atomic mass is 35.5. The third-order valence-electron chi connectivity index (χ3n) is 3.38. The summed E-state index contributed by atoms with van der Waals surface area (Å²) in [5, 5.41) is 5.99. The minimum absolute atomic E-state index is 0.0805. The lowest BCUT2D eigenvalue weighted by atomic mass is 10.1. The lowest BCUT2D eigenvalue weighted by molar-refractivity contribution is -0.124. The van der Waals surface area contributed by atoms with E-state index in [9.17, 15) is 9.59 Å². The molecule has 0 aliphatic rings. The van der Waals surface area contributed by atoms with Crippen molar-refractivity contribution in [3.05, 3.63) is 76.8 Å². The summed E-state index contributed by atoms with van der Waals surface area (Å²) in [6.45, 7) is 1.78. The molecular formula is C19H19ClN2O2. The summed E-state index contributed by atoms with van der Waals surface area (Å²) >= 11 is 5.94. The molecule has 124 valence electrons. The van der Waals surface area contributed by atoms with Gasteiger partial charge in [-0.2, -0.15) is 0 Å². The van der Waals surface area contributed by atoms with Crippen LogP contribution in [0, 0.1) is 0 Å². The van der Waals surface area contributed by atoms with Gasteiger partial charge in [-0.1, -0.05) is 54.1 Å². The number of rotatable bonds is 6. The minimum Gasteiger partial charge on any atom is -0.348 e. The zero-order chi connectivity index (χ0) is 17.4. The number of halogens is 1. The summed E-state index contributed by atoms with van der Waals surface area (Å²) < 4.78 is 0. The molecular weight excluding hydrogens is 324 g/mol. The van der Waals surface area contributed by atoms with Crippen molar-refractivity contribution >= 4 is 29.5 Å². The highest BCUT2D eigenvalue weighted by molar-refractivity contribution is 6.30. The Bertz CT molecular complexity index is 729. The van der Waals surface area contributed by atoms with Crippen LogP contribution in [0.15, 0.2) is 60.7 Å². The first-order valence-corrected chi connectivity index (χ1v) is 7.98. The molecule has 0 saturated heterocycles. The van der Waals surface area contributed by atoms with Crippen molar-refractivity contribution in [1.29, 1.82) is 0 Å². The number of amides is 2. The van der Waals surface area contributed by atoms with Gasteiger partial charge in [0, 0.05) is 11.1 Å². The molecule has 0 aromatic heterocycles. The summed E-state index contributed by atoms with van der Waals surface area (Å²) in [5.41, 5.74) is 1.83. The largest absolute Gasteiger partial charge is 0.348 e. The predicted molar refractivity (Wildman–Crippen MR) is 96.5 cm³/mol. The number of nitrogens with one attached hydrogen (secondary N) is 2. The summed E-state index contributed by atoms with van der Waals surface area (Å²) in [5.74, 6) is -0.576. The molecule has 0 aliphatic heterocycles. The predicted octanol–water partition coefficient (Wildman–Crippen LogP) is 3.35. The van der Waals surface area contributed by atoms with Crippen molar-refractivity contribution in [3.63, 3.8) is 0 Å². The monoisotopic (exact) mass is 342 g/mol. The van der Waals surface area contributed by atoms with Crippen LogP contribution >= 0.6 is 11.6 Å². The van der Waals surface area contributed by atoms with Crippen LogP contribution in [0.3, 0.4) is 0 Å². The van der Waals surface area contributed by atoms with Crippen LogP contribution in [-0.4, -0.2) is 18.4 Å². The van der Waals surface area contributed by atoms with Gasteiger partial charge in [0.1, 0.15) is 0 Å². The van der Waals surface area contributed by atoms with Crippen LogP contribution in [0.4, 0.5) is 0 Å². The van der Waals surface area contributed by atoms with Gasteiger partial charge in [0.2, 0.25) is 11.8 Å². The maximum absolute atomic E-state index is 11.9. The van der Waals surface area contributed by atoms with Gasteiger partial charge in [0.05, 0.1) is 12.6 Å². The SMILES string of the molecule is C[C@@H](NC(=O)CNC(=O)/C=C/c1ccccc1)c1cccc(Cl)c1. The van der Waals surface area contributed by atoms with Crippen LogP contribution in [-0.2, 0) is 9.59 Å². The Morgan fingerprint density at radius 3 is 2.58 bits per heavy atom. The van der Waals surface area contributed by atoms with Crippen molar-refractivity contribution in [3.8, 4) is 0 Å². The molecule has 2 aromatic carbocycles. The Balaban J connectivity index is 1.78. The van der Waals surface area contributed by atoms with E-state index in [-0.39, 0.29) is 24.4 Å². The van der Waals surface area contributed by atoms with Gasteiger partial charge in [-0.3, -0.25) is 9.59 Å². The molecule has 0 aliphatic carbocycles. The Kier molecular flexibility index (Phi) is 6.58. The molecule has 0 radical (unpaired) electrons. The van der Waals surface area contributed by atoms with Gasteiger partial charge >= 0.3 is 0 Å². The Hall–Kier alpha value is -2.59. The first-order valence-electron chi connectivity index (χ1n) is 7.60. The van der Waals surface area contributed by atoms with Crippen LogP contribution in [0.5, 0.6) is 0 Å². The molecule has 0 fully saturated rings. The molecule has 1 atom stereocenters. The van der Waals surface area contributed by atoms with E-state index in [0.29, 0.717) is 5.02 Å². The van der Waals surface area contributed by atoms with E-state index in [4.69, 9.17) is 11.6 Å². The van der Waals surface area contributed by atoms with Gasteiger partial charge < -0.3 is 10.6 Å². The third kappa shape index (κ3) is 5.89. The second-order valence-corrected chi connectivity index (χ2v) is 5.74. The van der Waals surface area contributed by atoms with Crippen molar-refractivity contribution in [2.45, 2.75) is 13.0 Å². The van der Waals surface area contributed by atoms with Crippen LogP contribution in [0.2, 0.25) is 5.02 Å². The lowest BCUT2D eigenvalue weighted by Gasteiger charge is -2.14. The number of hydrogen-bond acceptors (Lipinski definition) is 2. The molecule has 24 heavy (non-hydrogen) atoms. The fraction of sp³-hybridized carbons (Fsp3) is 0.158. The van der Waals surface area contributed by atoms with Crippen LogP contribution in [0.1, 0.15) is 24.1 Å². The normalized spacial score (nSPS) is 11.9. The van der Waals surface area contributed by atoms with Crippen molar-refractivity contribution in [2.24, 2.45) is 0 Å². The molecule has 2 amide bonds. The van der Waals surface area contributed by atoms with Gasteiger partial charge in [0.15, 0.2) is 0 Å². The minimum atomic E-state index is -0.315. The van der Waals surface area contributed by atoms with E-state index in [1.165, 1.54) is 6.08 Å². The van der Waals surface area contributed by atoms with Gasteiger partial charge in [-0.15, -0.1) is 0 Å². The molecule has 0 saturated carbocycles. The highest BCUT2D eigenvalue weighted by Crippen LogP contribution is 2.17. The topological polar surface area (TPSA) is 58.2 Å². The number of carbonyl (C=O) groups is 2. The Morgan fingerprint density at radius 1 is 1.12 bits per heavy atom. The Labute approximate surface area is 146 Å². The number of benzene rings is 2. The molecule has 0 bridgehead atoms. The summed E-state index contributed by atoms with van der Waals surface area (Å²) in [6.07, 6.45) is 3.10. The van der Waals surface area contributed by atoms with E-state index >= 15 is 0 Å². The van der Waals surface area contributed by atoms with E-state index in [1.807, 2.05) is 49.4 Å². The molecule has 0 heterocycles. The number of hydrogen-bond donors (Lipinski definition) is 2. The standard InChI is InChI=1S/C19H19ClN2O2/c1-14(16-8-5-9-17(20)12-16)22-19(24)13-21-18(23)11-10-15-6-3-2-4-7-15/h2-12,14H,13H2,1H3,(H,21,23)(H,22,24)/b11-10+/t14-/m1/s1. The maximum Gasteiger partial charge on any atom is 0.244 e. The van der Waals surface area contributed by atoms with Gasteiger partial charge in [0.25, 0.3) is 0 Å². The zero-order valence-electron chi connectivity index (χ0n) is 13.3. The summed E-state index contributed by atoms with van der Waals surface area (Å²) in [7, 11) is 0. The maximum atomic E-state index is 11.9. The highest BCUT2D eigenvalue weighted by Gasteiger charge is 2.10. The van der Waals surface area contributed by atoms with Crippen LogP contribution < -0.4 is 10.6 Å². The molecule has 4 nitrogen and oxygen atoms in total. The molecule has 2 aromatic rings. The lowest BCUT2D eigenvalue weighted by Crippen LogP contribution is -2.37. The molecule has 2 rings (SSSR count). The van der Waals surface area contributed by atoms with Crippen molar-refractivity contribution < 1.29 is 9.59 Å². The quantitative estimate of drug-likeness (QED) is 0.791. The third-order valence-corrected chi connectivity index (χ3v) is 3.61. The van der Waals surface area contributed by atoms with Crippen LogP contribution in [0.25, 0.3) is 6.08 Å². The first-order chi connectivity index (χ1) is 11.5. The van der Waals surface area contributed by atoms with Gasteiger partial charge in [-0.05, 0) is 36.3 Å². The molecule has 0 spiro atoms. The Morgan fingerprint density at radius 2 is 1.88 bits per heavy atom. The fourth-order valence-corrected chi connectivity index (χ4v) is 2.31. The smallest absolute Gasteiger partial charge is 0.244 e. The van der Waals surface area contributed by atoms with E-state index in [2.05, 4.69) is 10.6 Å². The zero-order valence-corrected chi connectivity index (χ0v) is 14.1. The summed E-state index contributed by atoms with van der Waals surface area (Å²) in [6, 6.07) is 16.6. The molecule has 5 heteroatoms. The fourth-order valence-electron chi connectivity index (χ4n) is 2.11. The summed E-state index contributed by atoms with van der Waals surface area (Å²) in [4.78, 5) is 23.6. The first kappa shape index (κ1) is 17.8. The van der Waals surface area contributed by atoms with Gasteiger partial charge in [-0.25, -0.2) is 0 Å². The van der Waals surface area contributed by atoms with E-state index in [0.717, 1.165) is 11.1 Å². The number of carbonyl (C=O) groups excluding carboxylic acids is 2. The average molecular weight is 343 g/mol. The van der Waals surface area contributed by atoms with E-state index in [1.54, 1.807) is 18.2 Å². The average Bonchev–Trinajstić information content (AvgIpc) is 2.59. The molecule has 0 unspecified atom stereocenters.